The molecule has 0 radical (unpaired) electrons. The average Bonchev–Trinajstić information content (AvgIpc) is 2.29. The zero-order valence-electron chi connectivity index (χ0n) is 8.36. The number of carbonyl (C=O) groups excluding carboxylic acids is 1. The van der Waals surface area contributed by atoms with Crippen molar-refractivity contribution >= 4 is 18.5 Å². The number of hydrogen-bond acceptors (Lipinski definition) is 3. The minimum Gasteiger partial charge on any atom is -0.342 e. The second kappa shape index (κ2) is 4.86. The van der Waals surface area contributed by atoms with Crippen molar-refractivity contribution in [2.24, 2.45) is 0 Å². The van der Waals surface area contributed by atoms with Crippen molar-refractivity contribution in [1.82, 2.24) is 9.80 Å². The molecule has 0 N–H and O–H groups in total. The molecule has 0 aromatic rings. The lowest BCUT2D eigenvalue weighted by Gasteiger charge is -2.17. The van der Waals surface area contributed by atoms with Crippen molar-refractivity contribution in [2.45, 2.75) is 18.1 Å². The van der Waals surface area contributed by atoms with Crippen molar-refractivity contribution in [3.8, 4) is 0 Å². The normalized spacial score (nSPS) is 23.2. The van der Waals surface area contributed by atoms with Crippen LogP contribution >= 0.6 is 12.6 Å². The van der Waals surface area contributed by atoms with Crippen molar-refractivity contribution in [3.05, 3.63) is 0 Å². The van der Waals surface area contributed by atoms with E-state index in [2.05, 4.69) is 17.5 Å². The summed E-state index contributed by atoms with van der Waals surface area (Å²) < 4.78 is 0. The number of hydrogen-bond donors (Lipinski definition) is 1. The quantitative estimate of drug-likeness (QED) is 0.670. The summed E-state index contributed by atoms with van der Waals surface area (Å²) >= 11 is 4.30. The van der Waals surface area contributed by atoms with Gasteiger partial charge in [0.15, 0.2) is 0 Å². The molecule has 1 aliphatic rings. The van der Waals surface area contributed by atoms with E-state index in [1.807, 2.05) is 19.0 Å². The first kappa shape index (κ1) is 10.9. The number of thiol groups is 1. The van der Waals surface area contributed by atoms with Crippen molar-refractivity contribution in [1.29, 1.82) is 0 Å². The summed E-state index contributed by atoms with van der Waals surface area (Å²) in [6.07, 6.45) is 1.67. The Hall–Kier alpha value is -0.220. The molecule has 0 aromatic heterocycles. The lowest BCUT2D eigenvalue weighted by molar-refractivity contribution is -0.127. The molecule has 0 saturated carbocycles. The molecule has 0 aromatic carbocycles. The van der Waals surface area contributed by atoms with Crippen LogP contribution in [-0.4, -0.2) is 54.7 Å². The van der Waals surface area contributed by atoms with Crippen LogP contribution in [0.3, 0.4) is 0 Å². The number of nitrogens with zero attached hydrogens (tertiary/aromatic N) is 2. The predicted octanol–water partition coefficient (Wildman–Crippen LogP) is 0.469. The van der Waals surface area contributed by atoms with Crippen LogP contribution in [0, 0.1) is 0 Å². The number of carbonyl (C=O) groups is 1. The second-order valence-corrected chi connectivity index (χ2v) is 4.58. The molecule has 1 rings (SSSR count). The highest BCUT2D eigenvalue weighted by atomic mass is 32.1. The van der Waals surface area contributed by atoms with Gasteiger partial charge in [0.25, 0.3) is 0 Å². The molecule has 76 valence electrons. The Morgan fingerprint density at radius 1 is 1.62 bits per heavy atom. The van der Waals surface area contributed by atoms with Crippen LogP contribution in [0.15, 0.2) is 0 Å². The molecule has 1 fully saturated rings. The first-order chi connectivity index (χ1) is 6.09. The monoisotopic (exact) mass is 202 g/mol. The lowest BCUT2D eigenvalue weighted by atomic mass is 10.4. The summed E-state index contributed by atoms with van der Waals surface area (Å²) in [5.74, 6) is 0.263. The molecule has 13 heavy (non-hydrogen) atoms. The third-order valence-electron chi connectivity index (χ3n) is 2.23. The van der Waals surface area contributed by atoms with Crippen molar-refractivity contribution in [3.63, 3.8) is 0 Å². The summed E-state index contributed by atoms with van der Waals surface area (Å²) in [5, 5.41) is 0.256. The van der Waals surface area contributed by atoms with Crippen LogP contribution in [0.1, 0.15) is 12.8 Å². The fraction of sp³-hybridized carbons (Fsp3) is 0.889. The smallest absolute Gasteiger partial charge is 0.223 e. The number of likely N-dealkylation sites (tertiary alicyclic amines) is 1. The Labute approximate surface area is 85.5 Å². The molecule has 1 heterocycles. The van der Waals surface area contributed by atoms with E-state index in [4.69, 9.17) is 0 Å². The highest BCUT2D eigenvalue weighted by Crippen LogP contribution is 2.15. The summed E-state index contributed by atoms with van der Waals surface area (Å²) in [6, 6.07) is 0. The molecule has 0 aliphatic carbocycles. The van der Waals surface area contributed by atoms with Gasteiger partial charge in [-0.3, -0.25) is 4.79 Å². The Morgan fingerprint density at radius 3 is 2.77 bits per heavy atom. The Bertz CT molecular complexity index is 184. The molecule has 1 unspecified atom stereocenters. The average molecular weight is 202 g/mol. The van der Waals surface area contributed by atoms with Crippen LogP contribution in [0.4, 0.5) is 0 Å². The lowest BCUT2D eigenvalue weighted by Crippen LogP contribution is -2.28. The summed E-state index contributed by atoms with van der Waals surface area (Å²) in [6.45, 7) is 2.75. The molecule has 4 heteroatoms. The van der Waals surface area contributed by atoms with Crippen LogP contribution < -0.4 is 0 Å². The summed E-state index contributed by atoms with van der Waals surface area (Å²) in [5.41, 5.74) is 0. The van der Waals surface area contributed by atoms with Gasteiger partial charge in [-0.2, -0.15) is 12.6 Å². The molecule has 1 atom stereocenters. The Kier molecular flexibility index (Phi) is 4.06. The largest absolute Gasteiger partial charge is 0.342 e. The van der Waals surface area contributed by atoms with Gasteiger partial charge < -0.3 is 9.80 Å². The van der Waals surface area contributed by atoms with Crippen molar-refractivity contribution in [2.75, 3.05) is 33.7 Å². The number of rotatable bonds is 4. The van der Waals surface area contributed by atoms with E-state index >= 15 is 0 Å². The van der Waals surface area contributed by atoms with E-state index in [9.17, 15) is 4.79 Å². The van der Waals surface area contributed by atoms with Gasteiger partial charge in [-0.1, -0.05) is 0 Å². The molecule has 3 nitrogen and oxygen atoms in total. The van der Waals surface area contributed by atoms with Gasteiger partial charge in [0.2, 0.25) is 5.91 Å². The summed E-state index contributed by atoms with van der Waals surface area (Å²) in [4.78, 5) is 15.4. The van der Waals surface area contributed by atoms with Crippen LogP contribution in [0.5, 0.6) is 0 Å². The predicted molar refractivity (Wildman–Crippen MR) is 57.1 cm³/mol. The first-order valence-electron chi connectivity index (χ1n) is 4.70. The van der Waals surface area contributed by atoms with Crippen LogP contribution in [0.2, 0.25) is 0 Å². The SMILES string of the molecule is CN(C)CCCN1CC(S)CC1=O. The summed E-state index contributed by atoms with van der Waals surface area (Å²) in [7, 11) is 4.10. The zero-order valence-corrected chi connectivity index (χ0v) is 9.26. The maximum atomic E-state index is 11.3. The fourth-order valence-electron chi connectivity index (χ4n) is 1.55. The third-order valence-corrected chi connectivity index (χ3v) is 2.57. The molecule has 0 spiro atoms. The van der Waals surface area contributed by atoms with E-state index in [1.165, 1.54) is 0 Å². The van der Waals surface area contributed by atoms with Gasteiger partial charge in [0.05, 0.1) is 0 Å². The van der Waals surface area contributed by atoms with Gasteiger partial charge in [0.1, 0.15) is 0 Å². The van der Waals surface area contributed by atoms with Gasteiger partial charge in [0, 0.05) is 24.8 Å². The molecule has 1 aliphatic heterocycles. The minimum absolute atomic E-state index is 0.256. The third kappa shape index (κ3) is 3.56. The highest BCUT2D eigenvalue weighted by molar-refractivity contribution is 7.81. The van der Waals surface area contributed by atoms with Gasteiger partial charge in [-0.15, -0.1) is 0 Å². The van der Waals surface area contributed by atoms with Gasteiger partial charge in [-0.05, 0) is 27.1 Å². The Morgan fingerprint density at radius 2 is 2.31 bits per heavy atom. The molecule has 1 saturated heterocycles. The second-order valence-electron chi connectivity index (χ2n) is 3.85. The topological polar surface area (TPSA) is 23.6 Å². The molecular weight excluding hydrogens is 184 g/mol. The molecular formula is C9H18N2OS. The van der Waals surface area contributed by atoms with Crippen molar-refractivity contribution < 1.29 is 4.79 Å². The Balaban J connectivity index is 2.18. The minimum atomic E-state index is 0.256. The standard InChI is InChI=1S/C9H18N2OS/c1-10(2)4-3-5-11-7-8(13)6-9(11)12/h8,13H,3-7H2,1-2H3. The van der Waals surface area contributed by atoms with Crippen LogP contribution in [-0.2, 0) is 4.79 Å². The van der Waals surface area contributed by atoms with Gasteiger partial charge >= 0.3 is 0 Å². The van der Waals surface area contributed by atoms with Crippen LogP contribution in [0.25, 0.3) is 0 Å². The van der Waals surface area contributed by atoms with E-state index < -0.39 is 0 Å². The van der Waals surface area contributed by atoms with E-state index in [1.54, 1.807) is 0 Å². The van der Waals surface area contributed by atoms with Gasteiger partial charge in [-0.25, -0.2) is 0 Å². The highest BCUT2D eigenvalue weighted by Gasteiger charge is 2.26. The maximum absolute atomic E-state index is 11.3. The fourth-order valence-corrected chi connectivity index (χ4v) is 1.90. The van der Waals surface area contributed by atoms with E-state index in [0.717, 1.165) is 26.1 Å². The molecule has 1 amide bonds. The van der Waals surface area contributed by atoms with E-state index in [0.29, 0.717) is 6.42 Å². The maximum Gasteiger partial charge on any atom is 0.223 e. The van der Waals surface area contributed by atoms with E-state index in [-0.39, 0.29) is 11.2 Å². The number of amides is 1. The first-order valence-corrected chi connectivity index (χ1v) is 5.22. The molecule has 0 bridgehead atoms. The zero-order chi connectivity index (χ0) is 9.84.